The van der Waals surface area contributed by atoms with E-state index in [-0.39, 0.29) is 19.1 Å². The predicted octanol–water partition coefficient (Wildman–Crippen LogP) is 4.37. The van der Waals surface area contributed by atoms with E-state index in [1.807, 2.05) is 55.5 Å². The van der Waals surface area contributed by atoms with Crippen LogP contribution in [-0.2, 0) is 22.6 Å². The molecule has 2 amide bonds. The highest BCUT2D eigenvalue weighted by Crippen LogP contribution is 2.17. The van der Waals surface area contributed by atoms with Gasteiger partial charge in [-0.2, -0.15) is 0 Å². The van der Waals surface area contributed by atoms with Gasteiger partial charge in [-0.05, 0) is 30.2 Å². The zero-order valence-electron chi connectivity index (χ0n) is 18.7. The highest BCUT2D eigenvalue weighted by molar-refractivity contribution is 5.88. The molecule has 5 nitrogen and oxygen atoms in total. The number of amides is 2. The molecule has 0 heterocycles. The van der Waals surface area contributed by atoms with Gasteiger partial charge in [-0.1, -0.05) is 73.7 Å². The van der Waals surface area contributed by atoms with Crippen LogP contribution < -0.4 is 10.1 Å². The Bertz CT molecular complexity index is 1030. The normalized spacial score (nSPS) is 11.5. The monoisotopic (exact) mass is 448 g/mol. The van der Waals surface area contributed by atoms with E-state index in [1.165, 1.54) is 11.0 Å². The molecule has 0 radical (unpaired) electrons. The Balaban J connectivity index is 1.89. The van der Waals surface area contributed by atoms with Crippen LogP contribution in [0.5, 0.6) is 5.75 Å². The van der Waals surface area contributed by atoms with Crippen molar-refractivity contribution >= 4 is 11.8 Å². The van der Waals surface area contributed by atoms with Crippen LogP contribution in [0.1, 0.15) is 24.5 Å². The number of carbonyl (C=O) groups excluding carboxylic acids is 2. The summed E-state index contributed by atoms with van der Waals surface area (Å²) in [6.07, 6.45) is 1.07. The van der Waals surface area contributed by atoms with Gasteiger partial charge in [0.15, 0.2) is 6.61 Å². The molecule has 0 bridgehead atoms. The minimum absolute atomic E-state index is 0.0410. The highest BCUT2D eigenvalue weighted by Gasteiger charge is 2.31. The molecule has 33 heavy (non-hydrogen) atoms. The summed E-state index contributed by atoms with van der Waals surface area (Å²) in [7, 11) is 0. The van der Waals surface area contributed by atoms with Gasteiger partial charge in [0.05, 0.1) is 0 Å². The van der Waals surface area contributed by atoms with Crippen LogP contribution in [-0.4, -0.2) is 35.9 Å². The smallest absolute Gasteiger partial charge is 0.261 e. The SMILES string of the molecule is CCCNC(=O)[C@@H](Cc1ccccc1)N(Cc1ccccc1F)C(=O)COc1ccccc1. The number of carbonyl (C=O) groups is 2. The van der Waals surface area contributed by atoms with Crippen molar-refractivity contribution in [3.05, 3.63) is 102 Å². The van der Waals surface area contributed by atoms with Crippen LogP contribution in [0.2, 0.25) is 0 Å². The summed E-state index contributed by atoms with van der Waals surface area (Å²) >= 11 is 0. The van der Waals surface area contributed by atoms with Crippen LogP contribution in [0.25, 0.3) is 0 Å². The number of hydrogen-bond acceptors (Lipinski definition) is 3. The van der Waals surface area contributed by atoms with Crippen molar-refractivity contribution in [2.45, 2.75) is 32.4 Å². The Morgan fingerprint density at radius 2 is 1.58 bits per heavy atom. The van der Waals surface area contributed by atoms with Gasteiger partial charge in [0.25, 0.3) is 5.91 Å². The fourth-order valence-corrected chi connectivity index (χ4v) is 3.47. The molecule has 172 valence electrons. The van der Waals surface area contributed by atoms with Crippen molar-refractivity contribution in [3.8, 4) is 5.75 Å². The molecule has 0 aliphatic carbocycles. The van der Waals surface area contributed by atoms with E-state index in [0.717, 1.165) is 12.0 Å². The number of nitrogens with one attached hydrogen (secondary N) is 1. The zero-order valence-corrected chi connectivity index (χ0v) is 18.7. The molecular weight excluding hydrogens is 419 g/mol. The van der Waals surface area contributed by atoms with Crippen molar-refractivity contribution in [1.29, 1.82) is 0 Å². The molecule has 0 spiro atoms. The lowest BCUT2D eigenvalue weighted by molar-refractivity contribution is -0.142. The first-order valence-corrected chi connectivity index (χ1v) is 11.1. The van der Waals surface area contributed by atoms with Crippen LogP contribution in [0.15, 0.2) is 84.9 Å². The molecule has 1 N–H and O–H groups in total. The van der Waals surface area contributed by atoms with Crippen LogP contribution in [0.3, 0.4) is 0 Å². The van der Waals surface area contributed by atoms with E-state index in [0.29, 0.717) is 24.3 Å². The Labute approximate surface area is 194 Å². The van der Waals surface area contributed by atoms with Gasteiger partial charge in [-0.3, -0.25) is 9.59 Å². The number of para-hydroxylation sites is 1. The minimum Gasteiger partial charge on any atom is -0.484 e. The second-order valence-electron chi connectivity index (χ2n) is 7.71. The van der Waals surface area contributed by atoms with Crippen LogP contribution >= 0.6 is 0 Å². The van der Waals surface area contributed by atoms with Crippen molar-refractivity contribution < 1.29 is 18.7 Å². The van der Waals surface area contributed by atoms with E-state index in [4.69, 9.17) is 4.74 Å². The van der Waals surface area contributed by atoms with Crippen molar-refractivity contribution in [2.24, 2.45) is 0 Å². The topological polar surface area (TPSA) is 58.6 Å². The van der Waals surface area contributed by atoms with E-state index in [1.54, 1.807) is 30.3 Å². The van der Waals surface area contributed by atoms with Gasteiger partial charge in [0, 0.05) is 25.1 Å². The summed E-state index contributed by atoms with van der Waals surface area (Å²) in [6, 6.07) is 23.9. The van der Waals surface area contributed by atoms with Gasteiger partial charge in [0.1, 0.15) is 17.6 Å². The van der Waals surface area contributed by atoms with Gasteiger partial charge in [-0.15, -0.1) is 0 Å². The predicted molar refractivity (Wildman–Crippen MR) is 126 cm³/mol. The van der Waals surface area contributed by atoms with E-state index in [9.17, 15) is 14.0 Å². The third-order valence-electron chi connectivity index (χ3n) is 5.22. The van der Waals surface area contributed by atoms with Crippen molar-refractivity contribution in [1.82, 2.24) is 10.2 Å². The molecule has 0 unspecified atom stereocenters. The maximum Gasteiger partial charge on any atom is 0.261 e. The Kier molecular flexibility index (Phi) is 9.00. The van der Waals surface area contributed by atoms with Gasteiger partial charge < -0.3 is 15.0 Å². The molecule has 0 aromatic heterocycles. The van der Waals surface area contributed by atoms with E-state index < -0.39 is 17.8 Å². The summed E-state index contributed by atoms with van der Waals surface area (Å²) in [5.41, 5.74) is 1.25. The minimum atomic E-state index is -0.814. The first-order chi connectivity index (χ1) is 16.1. The lowest BCUT2D eigenvalue weighted by atomic mass is 10.0. The molecule has 3 aromatic rings. The second-order valence-corrected chi connectivity index (χ2v) is 7.71. The number of rotatable bonds is 11. The molecule has 1 atom stereocenters. The lowest BCUT2D eigenvalue weighted by Gasteiger charge is -2.31. The summed E-state index contributed by atoms with van der Waals surface area (Å²) in [5.74, 6) is -0.543. The Morgan fingerprint density at radius 1 is 0.939 bits per heavy atom. The molecular formula is C27H29FN2O3. The molecule has 6 heteroatoms. The van der Waals surface area contributed by atoms with Crippen LogP contribution in [0, 0.1) is 5.82 Å². The van der Waals surface area contributed by atoms with Gasteiger partial charge >= 0.3 is 0 Å². The second kappa shape index (κ2) is 12.4. The summed E-state index contributed by atoms with van der Waals surface area (Å²) in [6.45, 7) is 2.15. The summed E-state index contributed by atoms with van der Waals surface area (Å²) in [5, 5.41) is 2.89. The maximum atomic E-state index is 14.5. The average Bonchev–Trinajstić information content (AvgIpc) is 2.85. The number of ether oxygens (including phenoxy) is 1. The Morgan fingerprint density at radius 3 is 2.24 bits per heavy atom. The summed E-state index contributed by atoms with van der Waals surface area (Å²) < 4.78 is 20.1. The third-order valence-corrected chi connectivity index (χ3v) is 5.22. The maximum absolute atomic E-state index is 14.5. The number of benzene rings is 3. The van der Waals surface area contributed by atoms with Crippen LogP contribution in [0.4, 0.5) is 4.39 Å². The molecule has 0 aliphatic heterocycles. The fourth-order valence-electron chi connectivity index (χ4n) is 3.47. The largest absolute Gasteiger partial charge is 0.484 e. The number of halogens is 1. The van der Waals surface area contributed by atoms with Gasteiger partial charge in [-0.25, -0.2) is 4.39 Å². The molecule has 0 fully saturated rings. The first-order valence-electron chi connectivity index (χ1n) is 11.1. The molecule has 3 rings (SSSR count). The fraction of sp³-hybridized carbons (Fsp3) is 0.259. The van der Waals surface area contributed by atoms with Crippen molar-refractivity contribution in [2.75, 3.05) is 13.2 Å². The van der Waals surface area contributed by atoms with E-state index in [2.05, 4.69) is 5.32 Å². The zero-order chi connectivity index (χ0) is 23.5. The molecule has 0 saturated carbocycles. The molecule has 0 saturated heterocycles. The summed E-state index contributed by atoms with van der Waals surface area (Å²) in [4.78, 5) is 27.9. The standard InChI is InChI=1S/C27H29FN2O3/c1-2-17-29-27(32)25(18-21-11-5-3-6-12-21)30(19-22-13-9-10-16-24(22)28)26(31)20-33-23-14-7-4-8-15-23/h3-16,25H,2,17-20H2,1H3,(H,29,32)/t25-/m1/s1. The molecule has 3 aromatic carbocycles. The van der Waals surface area contributed by atoms with Crippen molar-refractivity contribution in [3.63, 3.8) is 0 Å². The highest BCUT2D eigenvalue weighted by atomic mass is 19.1. The average molecular weight is 449 g/mol. The van der Waals surface area contributed by atoms with Gasteiger partial charge in [0.2, 0.25) is 5.91 Å². The van der Waals surface area contributed by atoms with E-state index >= 15 is 0 Å². The number of nitrogens with zero attached hydrogens (tertiary/aromatic N) is 1. The molecule has 0 aliphatic rings. The Hall–Kier alpha value is -3.67. The third kappa shape index (κ3) is 7.17. The first kappa shape index (κ1) is 24.0. The quantitative estimate of drug-likeness (QED) is 0.474. The number of hydrogen-bond donors (Lipinski definition) is 1. The lowest BCUT2D eigenvalue weighted by Crippen LogP contribution is -2.51.